The van der Waals surface area contributed by atoms with Gasteiger partial charge in [0.25, 0.3) is 0 Å². The summed E-state index contributed by atoms with van der Waals surface area (Å²) in [5.41, 5.74) is 0. The Morgan fingerprint density at radius 1 is 1.67 bits per heavy atom. The molecule has 0 aromatic carbocycles. The molecule has 1 amide bonds. The van der Waals surface area contributed by atoms with Crippen molar-refractivity contribution >= 4 is 11.7 Å². The van der Waals surface area contributed by atoms with E-state index in [4.69, 9.17) is 5.11 Å². The minimum Gasteiger partial charge on any atom is -0.374 e. The van der Waals surface area contributed by atoms with Gasteiger partial charge in [0.15, 0.2) is 0 Å². The maximum atomic E-state index is 11.2. The zero-order chi connectivity index (χ0) is 9.30. The van der Waals surface area contributed by atoms with Crippen molar-refractivity contribution in [3.8, 4) is 0 Å². The van der Waals surface area contributed by atoms with Gasteiger partial charge in [0.2, 0.25) is 5.91 Å². The number of Topliss-reactive ketones (excluding diaryl/α,β-unsaturated/α-hetero) is 1. The summed E-state index contributed by atoms with van der Waals surface area (Å²) in [7, 11) is 0. The molecule has 0 aliphatic carbocycles. The highest BCUT2D eigenvalue weighted by molar-refractivity contribution is 6.01. The average molecular weight is 171 g/mol. The topological polar surface area (TPSA) is 66.4 Å². The van der Waals surface area contributed by atoms with Crippen molar-refractivity contribution in [3.05, 3.63) is 0 Å². The molecule has 0 saturated carbocycles. The van der Waals surface area contributed by atoms with Gasteiger partial charge in [0.1, 0.15) is 12.0 Å². The van der Waals surface area contributed by atoms with Gasteiger partial charge in [0, 0.05) is 0 Å². The lowest BCUT2D eigenvalue weighted by Gasteiger charge is -2.29. The Morgan fingerprint density at radius 2 is 2.25 bits per heavy atom. The third-order valence-corrected chi connectivity index (χ3v) is 2.19. The maximum absolute atomic E-state index is 11.2. The highest BCUT2D eigenvalue weighted by Crippen LogP contribution is 2.22. The van der Waals surface area contributed by atoms with Crippen molar-refractivity contribution < 1.29 is 14.7 Å². The Kier molecular flexibility index (Phi) is 2.47. The second kappa shape index (κ2) is 3.23. The molecule has 12 heavy (non-hydrogen) atoms. The van der Waals surface area contributed by atoms with Gasteiger partial charge in [-0.3, -0.25) is 9.59 Å². The minimum absolute atomic E-state index is 0.0637. The summed E-state index contributed by atoms with van der Waals surface area (Å²) in [6, 6.07) is 0. The van der Waals surface area contributed by atoms with Crippen molar-refractivity contribution in [1.82, 2.24) is 5.32 Å². The third-order valence-electron chi connectivity index (χ3n) is 2.19. The van der Waals surface area contributed by atoms with Crippen LogP contribution in [0.3, 0.4) is 0 Å². The number of hydrogen-bond donors (Lipinski definition) is 2. The van der Waals surface area contributed by atoms with E-state index in [1.54, 1.807) is 6.92 Å². The fourth-order valence-corrected chi connectivity index (χ4v) is 1.64. The molecule has 1 aliphatic rings. The van der Waals surface area contributed by atoms with Gasteiger partial charge in [-0.05, 0) is 19.3 Å². The summed E-state index contributed by atoms with van der Waals surface area (Å²) in [5.74, 6) is -1.12. The lowest BCUT2D eigenvalue weighted by atomic mass is 9.84. The van der Waals surface area contributed by atoms with Gasteiger partial charge in [0.05, 0.1) is 5.92 Å². The number of amides is 1. The fourth-order valence-electron chi connectivity index (χ4n) is 1.64. The number of hydrogen-bond acceptors (Lipinski definition) is 3. The van der Waals surface area contributed by atoms with E-state index in [-0.39, 0.29) is 17.6 Å². The number of ketones is 1. The molecule has 1 rings (SSSR count). The molecule has 0 aromatic heterocycles. The summed E-state index contributed by atoms with van der Waals surface area (Å²) >= 11 is 0. The zero-order valence-corrected chi connectivity index (χ0v) is 7.20. The van der Waals surface area contributed by atoms with E-state index in [9.17, 15) is 9.59 Å². The van der Waals surface area contributed by atoms with Gasteiger partial charge in [-0.25, -0.2) is 0 Å². The van der Waals surface area contributed by atoms with Gasteiger partial charge in [-0.15, -0.1) is 0 Å². The largest absolute Gasteiger partial charge is 0.374 e. The van der Waals surface area contributed by atoms with E-state index in [0.29, 0.717) is 6.42 Å². The predicted octanol–water partition coefficient (Wildman–Crippen LogP) is -0.334. The van der Waals surface area contributed by atoms with E-state index in [1.807, 2.05) is 0 Å². The van der Waals surface area contributed by atoms with Crippen LogP contribution in [0.25, 0.3) is 0 Å². The second-order valence-electron chi connectivity index (χ2n) is 3.33. The van der Waals surface area contributed by atoms with Crippen LogP contribution < -0.4 is 5.32 Å². The van der Waals surface area contributed by atoms with E-state index in [1.165, 1.54) is 6.92 Å². The fraction of sp³-hybridized carbons (Fsp3) is 0.750. The van der Waals surface area contributed by atoms with Crippen LogP contribution in [-0.2, 0) is 9.59 Å². The molecule has 4 heteroatoms. The summed E-state index contributed by atoms with van der Waals surface area (Å²) in [6.45, 7) is 3.20. The van der Waals surface area contributed by atoms with Gasteiger partial charge in [-0.1, -0.05) is 6.92 Å². The average Bonchev–Trinajstić information content (AvgIpc) is 1.82. The van der Waals surface area contributed by atoms with Crippen LogP contribution in [0, 0.1) is 11.8 Å². The molecule has 3 unspecified atom stereocenters. The lowest BCUT2D eigenvalue weighted by molar-refractivity contribution is -0.141. The molecule has 1 heterocycles. The molecule has 0 aromatic rings. The molecule has 0 spiro atoms. The Morgan fingerprint density at radius 3 is 2.67 bits per heavy atom. The van der Waals surface area contributed by atoms with Crippen molar-refractivity contribution in [3.63, 3.8) is 0 Å². The predicted molar refractivity (Wildman–Crippen MR) is 42.1 cm³/mol. The van der Waals surface area contributed by atoms with Crippen molar-refractivity contribution in [1.29, 1.82) is 0 Å². The van der Waals surface area contributed by atoms with Gasteiger partial charge >= 0.3 is 0 Å². The monoisotopic (exact) mass is 171 g/mol. The Labute approximate surface area is 71.0 Å². The highest BCUT2D eigenvalue weighted by Gasteiger charge is 2.35. The minimum atomic E-state index is -0.789. The van der Waals surface area contributed by atoms with Crippen LogP contribution >= 0.6 is 0 Å². The first-order valence-corrected chi connectivity index (χ1v) is 4.01. The maximum Gasteiger partial charge on any atom is 0.232 e. The van der Waals surface area contributed by atoms with Crippen LogP contribution in [0.4, 0.5) is 0 Å². The molecule has 68 valence electrons. The Balaban J connectivity index is 2.73. The zero-order valence-electron chi connectivity index (χ0n) is 7.20. The van der Waals surface area contributed by atoms with E-state index in [0.717, 1.165) is 0 Å². The Bertz CT molecular complexity index is 214. The quantitative estimate of drug-likeness (QED) is 0.531. The summed E-state index contributed by atoms with van der Waals surface area (Å²) in [6.07, 6.45) is -0.334. The van der Waals surface area contributed by atoms with Crippen LogP contribution in [-0.4, -0.2) is 23.0 Å². The molecule has 1 saturated heterocycles. The number of nitrogens with one attached hydrogen (secondary N) is 1. The van der Waals surface area contributed by atoms with Crippen molar-refractivity contribution in [2.45, 2.75) is 26.5 Å². The third kappa shape index (κ3) is 1.64. The van der Waals surface area contributed by atoms with Gasteiger partial charge in [-0.2, -0.15) is 0 Å². The van der Waals surface area contributed by atoms with Crippen LogP contribution in [0.5, 0.6) is 0 Å². The molecule has 1 fully saturated rings. The summed E-state index contributed by atoms with van der Waals surface area (Å²) in [4.78, 5) is 22.1. The van der Waals surface area contributed by atoms with E-state index >= 15 is 0 Å². The molecule has 1 aliphatic heterocycles. The van der Waals surface area contributed by atoms with E-state index < -0.39 is 12.1 Å². The normalized spacial score (nSPS) is 35.9. The number of aliphatic hydroxyl groups excluding tert-OH is 1. The first-order chi connectivity index (χ1) is 5.52. The smallest absolute Gasteiger partial charge is 0.232 e. The van der Waals surface area contributed by atoms with Crippen LogP contribution in [0.1, 0.15) is 20.3 Å². The number of rotatable bonds is 1. The molecule has 0 radical (unpaired) electrons. The molecule has 4 nitrogen and oxygen atoms in total. The van der Waals surface area contributed by atoms with Crippen LogP contribution in [0.2, 0.25) is 0 Å². The molecular formula is C8H13NO3. The number of aliphatic hydroxyl groups is 1. The molecule has 0 bridgehead atoms. The molecule has 3 atom stereocenters. The van der Waals surface area contributed by atoms with Crippen molar-refractivity contribution in [2.24, 2.45) is 11.8 Å². The first kappa shape index (κ1) is 9.19. The van der Waals surface area contributed by atoms with E-state index in [2.05, 4.69) is 5.32 Å². The first-order valence-electron chi connectivity index (χ1n) is 4.01. The SMILES string of the molecule is CC(=O)C1C(=O)NC(O)CC1C. The Hall–Kier alpha value is -0.900. The van der Waals surface area contributed by atoms with Crippen LogP contribution in [0.15, 0.2) is 0 Å². The highest BCUT2D eigenvalue weighted by atomic mass is 16.3. The second-order valence-corrected chi connectivity index (χ2v) is 3.33. The van der Waals surface area contributed by atoms with Crippen molar-refractivity contribution in [2.75, 3.05) is 0 Å². The standard InChI is InChI=1S/C8H13NO3/c1-4-3-6(11)9-8(12)7(4)5(2)10/h4,6-7,11H,3H2,1-2H3,(H,9,12). The number of carbonyl (C=O) groups is 2. The molecule has 2 N–H and O–H groups in total. The lowest BCUT2D eigenvalue weighted by Crippen LogP contribution is -2.49. The number of piperidine rings is 1. The van der Waals surface area contributed by atoms with Gasteiger partial charge < -0.3 is 10.4 Å². The summed E-state index contributed by atoms with van der Waals surface area (Å²) < 4.78 is 0. The number of carbonyl (C=O) groups excluding carboxylic acids is 2. The summed E-state index contributed by atoms with van der Waals surface area (Å²) in [5, 5.41) is 11.4. The molecular weight excluding hydrogens is 158 g/mol.